The lowest BCUT2D eigenvalue weighted by Crippen LogP contribution is -2.50. The van der Waals surface area contributed by atoms with E-state index >= 15 is 0 Å². The van der Waals surface area contributed by atoms with Crippen molar-refractivity contribution in [1.29, 1.82) is 0 Å². The van der Waals surface area contributed by atoms with Crippen LogP contribution in [0.15, 0.2) is 0 Å². The molecule has 1 rings (SSSR count). The number of hydrogen-bond acceptors (Lipinski definition) is 1. The van der Waals surface area contributed by atoms with Gasteiger partial charge in [-0.25, -0.2) is 22.0 Å². The molecule has 0 bridgehead atoms. The second kappa shape index (κ2) is 5.58. The molecule has 0 N–H and O–H groups in total. The van der Waals surface area contributed by atoms with Gasteiger partial charge in [0.2, 0.25) is 14.1 Å². The van der Waals surface area contributed by atoms with Gasteiger partial charge in [0.1, 0.15) is 0 Å². The largest absolute Gasteiger partial charge is 0.412 e. The summed E-state index contributed by atoms with van der Waals surface area (Å²) < 4.78 is 71.9. The number of halogens is 5. The SMILES string of the molecule is CC(C)CO[Si](C)(C)c1c(F)c(F)c(F)c(F)c1F. The Morgan fingerprint density at radius 3 is 1.58 bits per heavy atom. The Kier molecular flexibility index (Phi) is 4.73. The van der Waals surface area contributed by atoms with Gasteiger partial charge in [0.15, 0.2) is 23.3 Å². The summed E-state index contributed by atoms with van der Waals surface area (Å²) in [6, 6.07) is 0. The lowest BCUT2D eigenvalue weighted by atomic mass is 10.2. The average molecular weight is 298 g/mol. The van der Waals surface area contributed by atoms with E-state index < -0.39 is 42.6 Å². The summed E-state index contributed by atoms with van der Waals surface area (Å²) in [5.74, 6) is -9.50. The van der Waals surface area contributed by atoms with E-state index in [1.54, 1.807) is 0 Å². The number of benzene rings is 1. The highest BCUT2D eigenvalue weighted by molar-refractivity contribution is 6.84. The summed E-state index contributed by atoms with van der Waals surface area (Å²) in [6.07, 6.45) is 0. The summed E-state index contributed by atoms with van der Waals surface area (Å²) in [5.41, 5.74) is 0. The van der Waals surface area contributed by atoms with Crippen LogP contribution in [0.2, 0.25) is 13.1 Å². The predicted octanol–water partition coefficient (Wildman–Crippen LogP) is 3.47. The number of hydrogen-bond donors (Lipinski definition) is 0. The minimum absolute atomic E-state index is 0.0908. The quantitative estimate of drug-likeness (QED) is 0.358. The van der Waals surface area contributed by atoms with Gasteiger partial charge in [-0.2, -0.15) is 0 Å². The minimum Gasteiger partial charge on any atom is -0.412 e. The predicted molar refractivity (Wildman–Crippen MR) is 64.1 cm³/mol. The molecule has 0 spiro atoms. The van der Waals surface area contributed by atoms with Crippen LogP contribution in [0, 0.1) is 35.0 Å². The topological polar surface area (TPSA) is 9.23 Å². The third-order valence-electron chi connectivity index (χ3n) is 2.59. The molecule has 1 aromatic carbocycles. The molecule has 19 heavy (non-hydrogen) atoms. The van der Waals surface area contributed by atoms with E-state index in [1.807, 2.05) is 13.8 Å². The van der Waals surface area contributed by atoms with E-state index in [0.29, 0.717) is 0 Å². The molecule has 0 heterocycles. The van der Waals surface area contributed by atoms with Gasteiger partial charge in [-0.1, -0.05) is 13.8 Å². The fourth-order valence-electron chi connectivity index (χ4n) is 1.58. The van der Waals surface area contributed by atoms with Gasteiger partial charge >= 0.3 is 0 Å². The van der Waals surface area contributed by atoms with E-state index in [4.69, 9.17) is 4.43 Å². The normalized spacial score (nSPS) is 12.3. The van der Waals surface area contributed by atoms with Crippen LogP contribution in [0.1, 0.15) is 13.8 Å². The van der Waals surface area contributed by atoms with Crippen molar-refractivity contribution in [3.05, 3.63) is 29.1 Å². The smallest absolute Gasteiger partial charge is 0.224 e. The van der Waals surface area contributed by atoms with Gasteiger partial charge in [0.05, 0.1) is 0 Å². The summed E-state index contributed by atoms with van der Waals surface area (Å²) >= 11 is 0. The van der Waals surface area contributed by atoms with Crippen molar-refractivity contribution in [3.8, 4) is 0 Å². The first-order valence-corrected chi connectivity index (χ1v) is 8.66. The Hall–Kier alpha value is -0.953. The number of rotatable bonds is 4. The zero-order valence-corrected chi connectivity index (χ0v) is 12.1. The third-order valence-corrected chi connectivity index (χ3v) is 5.12. The molecule has 0 aliphatic carbocycles. The van der Waals surface area contributed by atoms with Crippen molar-refractivity contribution in [3.63, 3.8) is 0 Å². The molecule has 0 radical (unpaired) electrons. The van der Waals surface area contributed by atoms with Gasteiger partial charge in [0, 0.05) is 11.8 Å². The van der Waals surface area contributed by atoms with Gasteiger partial charge < -0.3 is 4.43 Å². The van der Waals surface area contributed by atoms with Gasteiger partial charge in [-0.15, -0.1) is 0 Å². The van der Waals surface area contributed by atoms with E-state index in [9.17, 15) is 22.0 Å². The van der Waals surface area contributed by atoms with Crippen molar-refractivity contribution >= 4 is 13.5 Å². The maximum atomic E-state index is 13.7. The van der Waals surface area contributed by atoms with Gasteiger partial charge in [-0.3, -0.25) is 0 Å². The lowest BCUT2D eigenvalue weighted by molar-refractivity contribution is 0.266. The molecule has 108 valence electrons. The van der Waals surface area contributed by atoms with Crippen molar-refractivity contribution in [2.24, 2.45) is 5.92 Å². The Balaban J connectivity index is 3.34. The summed E-state index contributed by atoms with van der Waals surface area (Å²) in [6.45, 7) is 6.63. The molecule has 0 atom stereocenters. The fraction of sp³-hybridized carbons (Fsp3) is 0.500. The van der Waals surface area contributed by atoms with Crippen LogP contribution in [-0.4, -0.2) is 14.9 Å². The lowest BCUT2D eigenvalue weighted by Gasteiger charge is -2.25. The maximum Gasteiger partial charge on any atom is 0.224 e. The summed E-state index contributed by atoms with van der Waals surface area (Å²) in [5, 5.41) is -0.815. The van der Waals surface area contributed by atoms with Crippen LogP contribution >= 0.6 is 0 Å². The molecule has 0 saturated heterocycles. The average Bonchev–Trinajstić information content (AvgIpc) is 2.31. The van der Waals surface area contributed by atoms with Crippen LogP contribution in [0.25, 0.3) is 0 Å². The Morgan fingerprint density at radius 1 is 0.842 bits per heavy atom. The first-order valence-electron chi connectivity index (χ1n) is 5.75. The molecule has 1 nitrogen and oxygen atoms in total. The summed E-state index contributed by atoms with van der Waals surface area (Å²) in [4.78, 5) is 0. The maximum absolute atomic E-state index is 13.7. The molecule has 0 aliphatic rings. The molecular weight excluding hydrogens is 283 g/mol. The Morgan fingerprint density at radius 2 is 1.21 bits per heavy atom. The fourth-order valence-corrected chi connectivity index (χ4v) is 3.75. The standard InChI is InChI=1S/C12H15F5OSi/c1-6(2)5-18-19(3,4)12-10(16)8(14)7(13)9(15)11(12)17/h6H,5H2,1-4H3. The van der Waals surface area contributed by atoms with Crippen molar-refractivity contribution in [2.45, 2.75) is 26.9 Å². The molecular formula is C12H15F5OSi. The Bertz CT molecular complexity index is 458. The van der Waals surface area contributed by atoms with Crippen LogP contribution < -0.4 is 5.19 Å². The van der Waals surface area contributed by atoms with Crippen molar-refractivity contribution < 1.29 is 26.4 Å². The van der Waals surface area contributed by atoms with Crippen LogP contribution in [0.5, 0.6) is 0 Å². The first-order chi connectivity index (χ1) is 8.59. The molecule has 0 saturated carbocycles. The molecule has 0 aliphatic heterocycles. The second-order valence-corrected chi connectivity index (χ2v) is 8.97. The highest BCUT2D eigenvalue weighted by atomic mass is 28.4. The minimum atomic E-state index is -3.21. The van der Waals surface area contributed by atoms with E-state index in [1.165, 1.54) is 13.1 Å². The van der Waals surface area contributed by atoms with Gasteiger partial charge in [-0.05, 0) is 19.0 Å². The highest BCUT2D eigenvalue weighted by Gasteiger charge is 2.38. The monoisotopic (exact) mass is 298 g/mol. The van der Waals surface area contributed by atoms with E-state index in [-0.39, 0.29) is 12.5 Å². The van der Waals surface area contributed by atoms with Crippen LogP contribution in [0.4, 0.5) is 22.0 Å². The molecule has 7 heteroatoms. The molecule has 1 aromatic rings. The Labute approximate surface area is 109 Å². The van der Waals surface area contributed by atoms with Crippen molar-refractivity contribution in [1.82, 2.24) is 0 Å². The molecule has 0 aromatic heterocycles. The molecule has 0 amide bonds. The third kappa shape index (κ3) is 3.14. The molecule has 0 unspecified atom stereocenters. The van der Waals surface area contributed by atoms with Crippen LogP contribution in [0.3, 0.4) is 0 Å². The zero-order chi connectivity index (χ0) is 15.0. The zero-order valence-electron chi connectivity index (χ0n) is 11.1. The van der Waals surface area contributed by atoms with E-state index in [2.05, 4.69) is 0 Å². The van der Waals surface area contributed by atoms with Crippen molar-refractivity contribution in [2.75, 3.05) is 6.61 Å². The first kappa shape index (κ1) is 16.1. The highest BCUT2D eigenvalue weighted by Crippen LogP contribution is 2.20. The molecule has 0 fully saturated rings. The van der Waals surface area contributed by atoms with Gasteiger partial charge in [0.25, 0.3) is 0 Å². The van der Waals surface area contributed by atoms with E-state index in [0.717, 1.165) is 0 Å². The summed E-state index contributed by atoms with van der Waals surface area (Å²) in [7, 11) is -3.21. The van der Waals surface area contributed by atoms with Crippen LogP contribution in [-0.2, 0) is 4.43 Å². The second-order valence-electron chi connectivity index (χ2n) is 5.16.